The molecule has 2 amide bonds. The third kappa shape index (κ3) is 6.24. The quantitative estimate of drug-likeness (QED) is 0.549. The van der Waals surface area contributed by atoms with Crippen LogP contribution in [0.15, 0.2) is 55.0 Å². The maximum absolute atomic E-state index is 11.4. The Morgan fingerprint density at radius 1 is 0.969 bits per heavy atom. The Morgan fingerprint density at radius 2 is 1.69 bits per heavy atom. The number of carbonyl (C=O) groups excluding carboxylic acids is 2. The summed E-state index contributed by atoms with van der Waals surface area (Å²) < 4.78 is 5.85. The first-order valence-corrected chi connectivity index (χ1v) is 10.1. The Bertz CT molecular complexity index is 1070. The van der Waals surface area contributed by atoms with Crippen LogP contribution in [0.4, 0.5) is 5.82 Å². The van der Waals surface area contributed by atoms with Gasteiger partial charge in [-0.15, -0.1) is 0 Å². The van der Waals surface area contributed by atoms with Crippen molar-refractivity contribution in [3.63, 3.8) is 0 Å². The van der Waals surface area contributed by atoms with Crippen molar-refractivity contribution in [2.45, 2.75) is 13.3 Å². The molecule has 9 heteroatoms. The van der Waals surface area contributed by atoms with Crippen molar-refractivity contribution in [2.24, 2.45) is 5.73 Å². The second-order valence-corrected chi connectivity index (χ2v) is 7.39. The number of ether oxygens (including phenoxy) is 1. The molecule has 0 saturated heterocycles. The van der Waals surface area contributed by atoms with E-state index in [4.69, 9.17) is 10.5 Å². The van der Waals surface area contributed by atoms with Crippen LogP contribution in [0.5, 0.6) is 11.6 Å². The van der Waals surface area contributed by atoms with Crippen molar-refractivity contribution in [1.82, 2.24) is 19.9 Å². The highest BCUT2D eigenvalue weighted by Crippen LogP contribution is 2.25. The Balaban J connectivity index is 1.63. The Labute approximate surface area is 186 Å². The molecule has 166 valence electrons. The monoisotopic (exact) mass is 434 g/mol. The van der Waals surface area contributed by atoms with Crippen LogP contribution < -0.4 is 15.4 Å². The summed E-state index contributed by atoms with van der Waals surface area (Å²) in [7, 11) is 3.65. The molecule has 0 saturated carbocycles. The summed E-state index contributed by atoms with van der Waals surface area (Å²) in [6, 6.07) is 11.2. The molecule has 9 nitrogen and oxygen atoms in total. The van der Waals surface area contributed by atoms with Crippen LogP contribution in [-0.4, -0.2) is 58.9 Å². The van der Waals surface area contributed by atoms with Gasteiger partial charge in [0.2, 0.25) is 17.7 Å². The molecule has 2 heterocycles. The number of anilines is 1. The zero-order valence-corrected chi connectivity index (χ0v) is 18.4. The standard InChI is InChI=1S/C23H26N6O3/c1-16(30)28(2)10-11-29(3)22-14-25-15-23(27-22)32-20-8-5-17(6-9-20)18-4-7-19(26-13-18)12-21(24)31/h4-9,13-15H,10-12H2,1-3H3,(H2,24,31). The lowest BCUT2D eigenvalue weighted by molar-refractivity contribution is -0.127. The van der Waals surface area contributed by atoms with Crippen LogP contribution in [-0.2, 0) is 16.0 Å². The molecule has 0 aliphatic rings. The SMILES string of the molecule is CC(=O)N(C)CCN(C)c1cncc(Oc2ccc(-c3ccc(CC(N)=O)nc3)cc2)n1. The first-order chi connectivity index (χ1) is 15.3. The Morgan fingerprint density at radius 3 is 2.31 bits per heavy atom. The summed E-state index contributed by atoms with van der Waals surface area (Å²) in [5, 5.41) is 0. The molecule has 0 fully saturated rings. The number of likely N-dealkylation sites (N-methyl/N-ethyl adjacent to an activating group) is 2. The van der Waals surface area contributed by atoms with Crippen molar-refractivity contribution >= 4 is 17.6 Å². The van der Waals surface area contributed by atoms with Crippen LogP contribution in [0.25, 0.3) is 11.1 Å². The second kappa shape index (κ2) is 10.3. The van der Waals surface area contributed by atoms with Gasteiger partial charge in [-0.1, -0.05) is 18.2 Å². The number of hydrogen-bond acceptors (Lipinski definition) is 7. The summed E-state index contributed by atoms with van der Waals surface area (Å²) in [4.78, 5) is 38.9. The number of carbonyl (C=O) groups is 2. The number of rotatable bonds is 9. The van der Waals surface area contributed by atoms with E-state index in [0.29, 0.717) is 36.2 Å². The number of nitrogens with two attached hydrogens (primary N) is 1. The highest BCUT2D eigenvalue weighted by molar-refractivity contribution is 5.76. The van der Waals surface area contributed by atoms with Crippen LogP contribution in [0.2, 0.25) is 0 Å². The highest BCUT2D eigenvalue weighted by Gasteiger charge is 2.09. The third-order valence-electron chi connectivity index (χ3n) is 4.89. The zero-order chi connectivity index (χ0) is 23.1. The second-order valence-electron chi connectivity index (χ2n) is 7.39. The molecule has 3 rings (SSSR count). The lowest BCUT2D eigenvalue weighted by Crippen LogP contribution is -2.33. The summed E-state index contributed by atoms with van der Waals surface area (Å²) in [5.41, 5.74) is 7.72. The number of pyridine rings is 1. The van der Waals surface area contributed by atoms with Gasteiger partial charge in [-0.05, 0) is 23.8 Å². The number of aromatic nitrogens is 3. The van der Waals surface area contributed by atoms with Gasteiger partial charge >= 0.3 is 0 Å². The van der Waals surface area contributed by atoms with Gasteiger partial charge < -0.3 is 20.3 Å². The van der Waals surface area contributed by atoms with Crippen molar-refractivity contribution in [3.8, 4) is 22.8 Å². The van der Waals surface area contributed by atoms with Crippen molar-refractivity contribution in [3.05, 3.63) is 60.7 Å². The van der Waals surface area contributed by atoms with Crippen LogP contribution in [0.1, 0.15) is 12.6 Å². The van der Waals surface area contributed by atoms with Crippen LogP contribution >= 0.6 is 0 Å². The average molecular weight is 435 g/mol. The van der Waals surface area contributed by atoms with Gasteiger partial charge in [0.15, 0.2) is 5.82 Å². The van der Waals surface area contributed by atoms with Crippen LogP contribution in [0, 0.1) is 0 Å². The smallest absolute Gasteiger partial charge is 0.239 e. The molecule has 2 N–H and O–H groups in total. The number of benzene rings is 1. The molecule has 1 aromatic carbocycles. The molecular weight excluding hydrogens is 408 g/mol. The lowest BCUT2D eigenvalue weighted by atomic mass is 10.1. The van der Waals surface area contributed by atoms with E-state index >= 15 is 0 Å². The minimum Gasteiger partial charge on any atom is -0.437 e. The summed E-state index contributed by atoms with van der Waals surface area (Å²) >= 11 is 0. The van der Waals surface area contributed by atoms with Crippen molar-refractivity contribution in [1.29, 1.82) is 0 Å². The first-order valence-electron chi connectivity index (χ1n) is 10.1. The first kappa shape index (κ1) is 22.7. The molecule has 0 radical (unpaired) electrons. The van der Waals surface area contributed by atoms with Gasteiger partial charge in [0.25, 0.3) is 0 Å². The minimum absolute atomic E-state index is 0.0161. The Kier molecular flexibility index (Phi) is 7.33. The predicted molar refractivity (Wildman–Crippen MR) is 121 cm³/mol. The van der Waals surface area contributed by atoms with E-state index in [1.807, 2.05) is 42.3 Å². The Hall–Kier alpha value is -4.01. The fraction of sp³-hybridized carbons (Fsp3) is 0.261. The molecule has 0 unspecified atom stereocenters. The molecule has 2 aromatic heterocycles. The van der Waals surface area contributed by atoms with E-state index in [0.717, 1.165) is 11.1 Å². The van der Waals surface area contributed by atoms with Gasteiger partial charge in [0.1, 0.15) is 5.75 Å². The maximum Gasteiger partial charge on any atom is 0.239 e. The average Bonchev–Trinajstić information content (AvgIpc) is 2.78. The maximum atomic E-state index is 11.4. The summed E-state index contributed by atoms with van der Waals surface area (Å²) in [5.74, 6) is 1.26. The number of nitrogens with zero attached hydrogens (tertiary/aromatic N) is 5. The van der Waals surface area contributed by atoms with Crippen LogP contribution in [0.3, 0.4) is 0 Å². The number of hydrogen-bond donors (Lipinski definition) is 1. The van der Waals surface area contributed by atoms with E-state index in [1.54, 1.807) is 36.6 Å². The third-order valence-corrected chi connectivity index (χ3v) is 4.89. The lowest BCUT2D eigenvalue weighted by Gasteiger charge is -2.22. The fourth-order valence-corrected chi connectivity index (χ4v) is 2.86. The van der Waals surface area contributed by atoms with Gasteiger partial charge in [0.05, 0.1) is 18.8 Å². The molecule has 0 aliphatic heterocycles. The molecule has 0 bridgehead atoms. The molecule has 0 aliphatic carbocycles. The number of amides is 2. The van der Waals surface area contributed by atoms with Gasteiger partial charge in [-0.3, -0.25) is 19.6 Å². The predicted octanol–water partition coefficient (Wildman–Crippen LogP) is 2.27. The van der Waals surface area contributed by atoms with E-state index in [2.05, 4.69) is 15.0 Å². The minimum atomic E-state index is -0.409. The van der Waals surface area contributed by atoms with E-state index in [1.165, 1.54) is 6.92 Å². The van der Waals surface area contributed by atoms with Crippen molar-refractivity contribution in [2.75, 3.05) is 32.1 Å². The number of primary amides is 1. The van der Waals surface area contributed by atoms with Crippen molar-refractivity contribution < 1.29 is 14.3 Å². The van der Waals surface area contributed by atoms with E-state index in [-0.39, 0.29) is 12.3 Å². The van der Waals surface area contributed by atoms with Gasteiger partial charge in [-0.2, -0.15) is 4.98 Å². The largest absolute Gasteiger partial charge is 0.437 e. The molecule has 32 heavy (non-hydrogen) atoms. The van der Waals surface area contributed by atoms with Gasteiger partial charge in [-0.25, -0.2) is 0 Å². The molecule has 0 atom stereocenters. The highest BCUT2D eigenvalue weighted by atomic mass is 16.5. The summed E-state index contributed by atoms with van der Waals surface area (Å²) in [6.07, 6.45) is 5.03. The van der Waals surface area contributed by atoms with Gasteiger partial charge in [0, 0.05) is 51.6 Å². The normalized spacial score (nSPS) is 10.5. The molecule has 3 aromatic rings. The molecule has 0 spiro atoms. The van der Waals surface area contributed by atoms with E-state index < -0.39 is 5.91 Å². The topological polar surface area (TPSA) is 115 Å². The summed E-state index contributed by atoms with van der Waals surface area (Å²) in [6.45, 7) is 2.74. The van der Waals surface area contributed by atoms with E-state index in [9.17, 15) is 9.59 Å². The zero-order valence-electron chi connectivity index (χ0n) is 18.4. The fourth-order valence-electron chi connectivity index (χ4n) is 2.86. The molecular formula is C23H26N6O3.